The van der Waals surface area contributed by atoms with Crippen molar-refractivity contribution in [2.24, 2.45) is 5.73 Å². The van der Waals surface area contributed by atoms with Crippen molar-refractivity contribution in [2.45, 2.75) is 25.0 Å². The SMILES string of the molecule is NC[C@@H]1CCCN1CCOC(c1ccc(F)cc1)c1ccc(F)cc1. The molecule has 1 aliphatic heterocycles. The third-order valence-corrected chi connectivity index (χ3v) is 4.78. The van der Waals surface area contributed by atoms with Crippen molar-refractivity contribution < 1.29 is 13.5 Å². The molecular weight excluding hydrogens is 322 g/mol. The van der Waals surface area contributed by atoms with Crippen molar-refractivity contribution in [3.8, 4) is 0 Å². The normalized spacial score (nSPS) is 18.2. The molecule has 1 fully saturated rings. The van der Waals surface area contributed by atoms with Crippen LogP contribution >= 0.6 is 0 Å². The Hall–Kier alpha value is -1.82. The molecule has 2 N–H and O–H groups in total. The average Bonchev–Trinajstić information content (AvgIpc) is 3.08. The zero-order valence-electron chi connectivity index (χ0n) is 14.2. The first-order valence-corrected chi connectivity index (χ1v) is 8.74. The van der Waals surface area contributed by atoms with Crippen LogP contribution in [0, 0.1) is 11.6 Å². The Labute approximate surface area is 147 Å². The molecule has 3 nitrogen and oxygen atoms in total. The van der Waals surface area contributed by atoms with Crippen molar-refractivity contribution >= 4 is 0 Å². The molecule has 1 atom stereocenters. The van der Waals surface area contributed by atoms with Gasteiger partial charge in [-0.25, -0.2) is 8.78 Å². The van der Waals surface area contributed by atoms with E-state index in [1.165, 1.54) is 30.7 Å². The zero-order valence-corrected chi connectivity index (χ0v) is 14.2. The van der Waals surface area contributed by atoms with E-state index < -0.39 is 0 Å². The Bertz CT molecular complexity index is 615. The largest absolute Gasteiger partial charge is 0.367 e. The van der Waals surface area contributed by atoms with E-state index in [1.54, 1.807) is 24.3 Å². The molecule has 0 aliphatic carbocycles. The van der Waals surface area contributed by atoms with Gasteiger partial charge in [-0.2, -0.15) is 0 Å². The highest BCUT2D eigenvalue weighted by Gasteiger charge is 2.23. The highest BCUT2D eigenvalue weighted by Crippen LogP contribution is 2.27. The molecule has 2 aromatic carbocycles. The number of likely N-dealkylation sites (tertiary alicyclic amines) is 1. The summed E-state index contributed by atoms with van der Waals surface area (Å²) < 4.78 is 32.6. The summed E-state index contributed by atoms with van der Waals surface area (Å²) in [6, 6.07) is 12.9. The summed E-state index contributed by atoms with van der Waals surface area (Å²) in [5.74, 6) is -0.575. The number of ether oxygens (including phenoxy) is 1. The second-order valence-corrected chi connectivity index (χ2v) is 6.42. The number of rotatable bonds is 7. The van der Waals surface area contributed by atoms with E-state index in [4.69, 9.17) is 10.5 Å². The van der Waals surface area contributed by atoms with Crippen molar-refractivity contribution in [1.82, 2.24) is 4.90 Å². The molecule has 25 heavy (non-hydrogen) atoms. The highest BCUT2D eigenvalue weighted by atomic mass is 19.1. The summed E-state index contributed by atoms with van der Waals surface area (Å²) in [7, 11) is 0. The quantitative estimate of drug-likeness (QED) is 0.834. The Kier molecular flexibility index (Phi) is 6.13. The van der Waals surface area contributed by atoms with Crippen LogP contribution in [-0.4, -0.2) is 37.2 Å². The molecule has 0 radical (unpaired) electrons. The van der Waals surface area contributed by atoms with Crippen molar-refractivity contribution in [3.63, 3.8) is 0 Å². The maximum atomic E-state index is 13.2. The minimum absolute atomic E-state index is 0.288. The van der Waals surface area contributed by atoms with Crippen LogP contribution in [0.4, 0.5) is 8.78 Å². The van der Waals surface area contributed by atoms with Gasteiger partial charge >= 0.3 is 0 Å². The summed E-state index contributed by atoms with van der Waals surface area (Å²) in [6.45, 7) is 3.05. The standard InChI is InChI=1S/C20H24F2N2O/c21-17-7-3-15(4-8-17)20(16-5-9-18(22)10-6-16)25-13-12-24-11-1-2-19(24)14-23/h3-10,19-20H,1-2,11-14,23H2/t19-/m0/s1. The molecule has 0 saturated carbocycles. The van der Waals surface area contributed by atoms with E-state index in [-0.39, 0.29) is 17.7 Å². The predicted octanol–water partition coefficient (Wildman–Crippen LogP) is 3.49. The maximum Gasteiger partial charge on any atom is 0.123 e. The predicted molar refractivity (Wildman–Crippen MR) is 94.2 cm³/mol. The van der Waals surface area contributed by atoms with E-state index in [0.717, 1.165) is 30.6 Å². The van der Waals surface area contributed by atoms with Crippen LogP contribution in [-0.2, 0) is 4.74 Å². The van der Waals surface area contributed by atoms with Crippen LogP contribution < -0.4 is 5.73 Å². The third-order valence-electron chi connectivity index (χ3n) is 4.78. The molecule has 0 aromatic heterocycles. The Morgan fingerprint density at radius 2 is 1.56 bits per heavy atom. The van der Waals surface area contributed by atoms with E-state index in [9.17, 15) is 8.78 Å². The second-order valence-electron chi connectivity index (χ2n) is 6.42. The molecule has 0 amide bonds. The molecule has 3 rings (SSSR count). The molecule has 1 saturated heterocycles. The Morgan fingerprint density at radius 3 is 2.08 bits per heavy atom. The van der Waals surface area contributed by atoms with Gasteiger partial charge in [0, 0.05) is 19.1 Å². The van der Waals surface area contributed by atoms with Crippen molar-refractivity contribution in [2.75, 3.05) is 26.2 Å². The van der Waals surface area contributed by atoms with Crippen LogP contribution in [0.3, 0.4) is 0 Å². The molecule has 0 unspecified atom stereocenters. The van der Waals surface area contributed by atoms with Gasteiger partial charge in [0.1, 0.15) is 17.7 Å². The molecule has 0 bridgehead atoms. The Balaban J connectivity index is 1.70. The molecule has 0 spiro atoms. The topological polar surface area (TPSA) is 38.5 Å². The van der Waals surface area contributed by atoms with E-state index in [2.05, 4.69) is 4.90 Å². The van der Waals surface area contributed by atoms with Crippen LogP contribution in [0.25, 0.3) is 0 Å². The molecule has 5 heteroatoms. The fraction of sp³-hybridized carbons (Fsp3) is 0.400. The summed E-state index contributed by atoms with van der Waals surface area (Å²) in [4.78, 5) is 2.35. The average molecular weight is 346 g/mol. The van der Waals surface area contributed by atoms with Gasteiger partial charge in [-0.3, -0.25) is 4.90 Å². The van der Waals surface area contributed by atoms with Gasteiger partial charge in [-0.1, -0.05) is 24.3 Å². The monoisotopic (exact) mass is 346 g/mol. The molecule has 1 heterocycles. The van der Waals surface area contributed by atoms with Crippen molar-refractivity contribution in [1.29, 1.82) is 0 Å². The first kappa shape index (κ1) is 18.0. The van der Waals surface area contributed by atoms with Crippen LogP contribution in [0.15, 0.2) is 48.5 Å². The molecule has 1 aliphatic rings. The number of halogens is 2. The van der Waals surface area contributed by atoms with Crippen LogP contribution in [0.2, 0.25) is 0 Å². The van der Waals surface area contributed by atoms with Gasteiger partial charge in [-0.15, -0.1) is 0 Å². The van der Waals surface area contributed by atoms with Gasteiger partial charge < -0.3 is 10.5 Å². The van der Waals surface area contributed by atoms with Gasteiger partial charge in [-0.05, 0) is 54.8 Å². The first-order chi connectivity index (χ1) is 12.2. The number of hydrogen-bond donors (Lipinski definition) is 1. The highest BCUT2D eigenvalue weighted by molar-refractivity contribution is 5.30. The Morgan fingerprint density at radius 1 is 1.00 bits per heavy atom. The fourth-order valence-corrected chi connectivity index (χ4v) is 3.40. The molecular formula is C20H24F2N2O. The maximum absolute atomic E-state index is 13.2. The lowest BCUT2D eigenvalue weighted by Gasteiger charge is -2.25. The van der Waals surface area contributed by atoms with E-state index in [1.807, 2.05) is 0 Å². The number of benzene rings is 2. The lowest BCUT2D eigenvalue weighted by Crippen LogP contribution is -2.37. The summed E-state index contributed by atoms with van der Waals surface area (Å²) in [6.07, 6.45) is 1.96. The van der Waals surface area contributed by atoms with E-state index >= 15 is 0 Å². The second kappa shape index (κ2) is 8.52. The van der Waals surface area contributed by atoms with Crippen molar-refractivity contribution in [3.05, 3.63) is 71.3 Å². The van der Waals surface area contributed by atoms with Gasteiger partial charge in [0.05, 0.1) is 6.61 Å². The smallest absolute Gasteiger partial charge is 0.123 e. The van der Waals surface area contributed by atoms with Crippen LogP contribution in [0.1, 0.15) is 30.1 Å². The minimum Gasteiger partial charge on any atom is -0.367 e. The molecule has 2 aromatic rings. The van der Waals surface area contributed by atoms with Gasteiger partial charge in [0.25, 0.3) is 0 Å². The minimum atomic E-state index is -0.347. The lowest BCUT2D eigenvalue weighted by molar-refractivity contribution is 0.0577. The lowest BCUT2D eigenvalue weighted by atomic mass is 10.0. The van der Waals surface area contributed by atoms with Gasteiger partial charge in [0.2, 0.25) is 0 Å². The summed E-state index contributed by atoms with van der Waals surface area (Å²) in [5, 5.41) is 0. The first-order valence-electron chi connectivity index (χ1n) is 8.74. The number of nitrogens with two attached hydrogens (primary N) is 1. The van der Waals surface area contributed by atoms with Gasteiger partial charge in [0.15, 0.2) is 0 Å². The summed E-state index contributed by atoms with van der Waals surface area (Å²) >= 11 is 0. The third kappa shape index (κ3) is 4.63. The number of hydrogen-bond acceptors (Lipinski definition) is 3. The number of nitrogens with zero attached hydrogens (tertiary/aromatic N) is 1. The zero-order chi connectivity index (χ0) is 17.6. The molecule has 134 valence electrons. The van der Waals surface area contributed by atoms with Crippen LogP contribution in [0.5, 0.6) is 0 Å². The fourth-order valence-electron chi connectivity index (χ4n) is 3.40. The summed E-state index contributed by atoms with van der Waals surface area (Å²) in [5.41, 5.74) is 7.52. The van der Waals surface area contributed by atoms with E-state index in [0.29, 0.717) is 19.2 Å².